The Kier molecular flexibility index (Phi) is 6.33. The number of ether oxygens (including phenoxy) is 1. The number of carboxylic acid groups (broad SMARTS) is 1. The highest BCUT2D eigenvalue weighted by molar-refractivity contribution is 9.10. The number of nitrogens with one attached hydrogen (secondary N) is 1. The number of hydrazone groups is 1. The van der Waals surface area contributed by atoms with Crippen LogP contribution in [-0.4, -0.2) is 34.2 Å². The minimum Gasteiger partial charge on any atom is -0.496 e. The highest BCUT2D eigenvalue weighted by Gasteiger charge is 2.12. The van der Waals surface area contributed by atoms with E-state index in [9.17, 15) is 9.90 Å². The number of anilines is 1. The summed E-state index contributed by atoms with van der Waals surface area (Å²) >= 11 is 3.55. The minimum absolute atomic E-state index is 0.162. The van der Waals surface area contributed by atoms with Crippen molar-refractivity contribution in [2.75, 3.05) is 12.5 Å². The second kappa shape index (κ2) is 8.91. The number of methoxy groups -OCH3 is 1. The number of para-hydroxylation sites is 1. The molecule has 2 aromatic carbocycles. The lowest BCUT2D eigenvalue weighted by Gasteiger charge is -2.11. The molecule has 0 saturated heterocycles. The van der Waals surface area contributed by atoms with Crippen LogP contribution in [-0.2, 0) is 6.54 Å². The molecule has 29 heavy (non-hydrogen) atoms. The first kappa shape index (κ1) is 20.6. The lowest BCUT2D eigenvalue weighted by atomic mass is 10.1. The van der Waals surface area contributed by atoms with Crippen LogP contribution in [0, 0.1) is 13.8 Å². The summed E-state index contributed by atoms with van der Waals surface area (Å²) in [7, 11) is 1.63. The predicted molar refractivity (Wildman–Crippen MR) is 116 cm³/mol. The molecule has 1 aromatic heterocycles. The molecule has 0 saturated carbocycles. The first-order valence-corrected chi connectivity index (χ1v) is 9.67. The molecule has 0 amide bonds. The number of hydrogen-bond donors (Lipinski definition) is 2. The highest BCUT2D eigenvalue weighted by Crippen LogP contribution is 2.24. The highest BCUT2D eigenvalue weighted by atomic mass is 79.9. The molecule has 8 heteroatoms. The molecule has 3 aromatic rings. The zero-order valence-corrected chi connectivity index (χ0v) is 17.9. The summed E-state index contributed by atoms with van der Waals surface area (Å²) in [5, 5.41) is 18.0. The third-order valence-electron chi connectivity index (χ3n) is 4.47. The standard InChI is InChI=1S/C21H21BrN4O3/c1-13-20(22)14(2)26(25-13)12-16-10-15(8-9-19(16)29-3)11-23-24-18-7-5-4-6-17(18)21(27)28/h4-11,24H,12H2,1-3H3,(H,27,28)/b23-11+. The number of aryl methyl sites for hydroxylation is 1. The van der Waals surface area contributed by atoms with E-state index in [2.05, 4.69) is 31.6 Å². The van der Waals surface area contributed by atoms with Gasteiger partial charge in [-0.3, -0.25) is 10.1 Å². The largest absolute Gasteiger partial charge is 0.496 e. The predicted octanol–water partition coefficient (Wildman–Crippen LogP) is 4.46. The number of halogens is 1. The van der Waals surface area contributed by atoms with E-state index >= 15 is 0 Å². The maximum atomic E-state index is 11.3. The summed E-state index contributed by atoms with van der Waals surface area (Å²) in [5.74, 6) is -0.249. The molecule has 0 unspecified atom stereocenters. The van der Waals surface area contributed by atoms with Crippen LogP contribution in [0.1, 0.15) is 32.9 Å². The Hall–Kier alpha value is -3.13. The number of benzene rings is 2. The van der Waals surface area contributed by atoms with Crippen LogP contribution < -0.4 is 10.2 Å². The maximum Gasteiger partial charge on any atom is 0.337 e. The van der Waals surface area contributed by atoms with Gasteiger partial charge in [-0.15, -0.1) is 0 Å². The minimum atomic E-state index is -1.01. The summed E-state index contributed by atoms with van der Waals surface area (Å²) in [6, 6.07) is 12.3. The van der Waals surface area contributed by atoms with Crippen LogP contribution in [0.5, 0.6) is 5.75 Å². The number of aromatic carboxylic acids is 1. The summed E-state index contributed by atoms with van der Waals surface area (Å²) in [4.78, 5) is 11.3. The van der Waals surface area contributed by atoms with Gasteiger partial charge in [0.25, 0.3) is 0 Å². The van der Waals surface area contributed by atoms with Gasteiger partial charge in [-0.25, -0.2) is 4.79 Å². The molecule has 0 atom stereocenters. The molecule has 150 valence electrons. The van der Waals surface area contributed by atoms with Crippen LogP contribution in [0.25, 0.3) is 0 Å². The Morgan fingerprint density at radius 1 is 1.31 bits per heavy atom. The Morgan fingerprint density at radius 3 is 2.72 bits per heavy atom. The van der Waals surface area contributed by atoms with Crippen molar-refractivity contribution in [1.29, 1.82) is 0 Å². The van der Waals surface area contributed by atoms with Gasteiger partial charge in [-0.1, -0.05) is 12.1 Å². The maximum absolute atomic E-state index is 11.3. The zero-order chi connectivity index (χ0) is 21.0. The van der Waals surface area contributed by atoms with Gasteiger partial charge in [0.1, 0.15) is 5.75 Å². The lowest BCUT2D eigenvalue weighted by molar-refractivity contribution is 0.0698. The van der Waals surface area contributed by atoms with E-state index in [1.807, 2.05) is 36.7 Å². The monoisotopic (exact) mass is 456 g/mol. The molecule has 7 nitrogen and oxygen atoms in total. The molecule has 0 aliphatic carbocycles. The number of aromatic nitrogens is 2. The van der Waals surface area contributed by atoms with Gasteiger partial charge in [-0.05, 0) is 65.7 Å². The van der Waals surface area contributed by atoms with Gasteiger partial charge in [0.05, 0.1) is 47.0 Å². The number of rotatable bonds is 7. The van der Waals surface area contributed by atoms with E-state index in [1.165, 1.54) is 6.07 Å². The van der Waals surface area contributed by atoms with E-state index in [4.69, 9.17) is 4.74 Å². The van der Waals surface area contributed by atoms with Gasteiger partial charge < -0.3 is 9.84 Å². The van der Waals surface area contributed by atoms with Crippen molar-refractivity contribution in [3.63, 3.8) is 0 Å². The zero-order valence-electron chi connectivity index (χ0n) is 16.3. The van der Waals surface area contributed by atoms with Gasteiger partial charge in [0.2, 0.25) is 0 Å². The summed E-state index contributed by atoms with van der Waals surface area (Å²) in [5.41, 5.74) is 7.16. The number of carboxylic acids is 1. The molecular weight excluding hydrogens is 436 g/mol. The van der Waals surface area contributed by atoms with E-state index in [0.29, 0.717) is 12.2 Å². The van der Waals surface area contributed by atoms with Crippen molar-refractivity contribution < 1.29 is 14.6 Å². The average molecular weight is 457 g/mol. The summed E-state index contributed by atoms with van der Waals surface area (Å²) in [6.45, 7) is 4.51. The molecule has 0 fully saturated rings. The van der Waals surface area contributed by atoms with Crippen LogP contribution in [0.15, 0.2) is 52.0 Å². The van der Waals surface area contributed by atoms with Crippen LogP contribution in [0.4, 0.5) is 5.69 Å². The topological polar surface area (TPSA) is 88.7 Å². The van der Waals surface area contributed by atoms with Crippen molar-refractivity contribution in [3.05, 3.63) is 75.0 Å². The van der Waals surface area contributed by atoms with E-state index < -0.39 is 5.97 Å². The fourth-order valence-corrected chi connectivity index (χ4v) is 3.22. The molecule has 0 radical (unpaired) electrons. The lowest BCUT2D eigenvalue weighted by Crippen LogP contribution is -2.06. The van der Waals surface area contributed by atoms with Gasteiger partial charge in [0.15, 0.2) is 0 Å². The van der Waals surface area contributed by atoms with Crippen molar-refractivity contribution in [1.82, 2.24) is 9.78 Å². The fourth-order valence-electron chi connectivity index (χ4n) is 2.94. The van der Waals surface area contributed by atoms with Crippen LogP contribution in [0.3, 0.4) is 0 Å². The summed E-state index contributed by atoms with van der Waals surface area (Å²) < 4.78 is 8.40. The smallest absolute Gasteiger partial charge is 0.337 e. The van der Waals surface area contributed by atoms with E-state index in [0.717, 1.165) is 32.7 Å². The number of carbonyl (C=O) groups is 1. The molecule has 0 spiro atoms. The Bertz CT molecular complexity index is 1080. The van der Waals surface area contributed by atoms with Crippen molar-refractivity contribution in [3.8, 4) is 5.75 Å². The Labute approximate surface area is 177 Å². The first-order valence-electron chi connectivity index (χ1n) is 8.88. The van der Waals surface area contributed by atoms with Gasteiger partial charge in [-0.2, -0.15) is 10.2 Å². The first-order chi connectivity index (χ1) is 13.9. The van der Waals surface area contributed by atoms with Crippen molar-refractivity contribution >= 4 is 33.8 Å². The molecule has 0 aliphatic rings. The molecule has 0 bridgehead atoms. The van der Waals surface area contributed by atoms with Crippen molar-refractivity contribution in [2.24, 2.45) is 5.10 Å². The Morgan fingerprint density at radius 2 is 2.07 bits per heavy atom. The molecule has 2 N–H and O–H groups in total. The molecule has 3 rings (SSSR count). The molecule has 0 aliphatic heterocycles. The fraction of sp³-hybridized carbons (Fsp3) is 0.190. The summed E-state index contributed by atoms with van der Waals surface area (Å²) in [6.07, 6.45) is 1.64. The number of hydrogen-bond acceptors (Lipinski definition) is 5. The molecular formula is C21H21BrN4O3. The normalized spacial score (nSPS) is 11.0. The SMILES string of the molecule is COc1ccc(/C=N/Nc2ccccc2C(=O)O)cc1Cn1nc(C)c(Br)c1C. The van der Waals surface area contributed by atoms with Crippen molar-refractivity contribution in [2.45, 2.75) is 20.4 Å². The second-order valence-corrected chi connectivity index (χ2v) is 7.23. The Balaban J connectivity index is 1.82. The van der Waals surface area contributed by atoms with Gasteiger partial charge >= 0.3 is 5.97 Å². The van der Waals surface area contributed by atoms with E-state index in [-0.39, 0.29) is 5.56 Å². The third-order valence-corrected chi connectivity index (χ3v) is 5.62. The third kappa shape index (κ3) is 4.65. The second-order valence-electron chi connectivity index (χ2n) is 6.43. The number of nitrogens with zero attached hydrogens (tertiary/aromatic N) is 3. The quantitative estimate of drug-likeness (QED) is 0.404. The molecule has 1 heterocycles. The average Bonchev–Trinajstić information content (AvgIpc) is 2.95. The van der Waals surface area contributed by atoms with Crippen LogP contribution >= 0.6 is 15.9 Å². The van der Waals surface area contributed by atoms with Crippen LogP contribution in [0.2, 0.25) is 0 Å². The van der Waals surface area contributed by atoms with E-state index in [1.54, 1.807) is 31.5 Å². The van der Waals surface area contributed by atoms with Gasteiger partial charge in [0, 0.05) is 5.56 Å².